The third-order valence-corrected chi connectivity index (χ3v) is 3.77. The second-order valence-electron chi connectivity index (χ2n) is 5.17. The van der Waals surface area contributed by atoms with Crippen LogP contribution in [0.3, 0.4) is 0 Å². The van der Waals surface area contributed by atoms with E-state index in [0.29, 0.717) is 12.5 Å². The average molecular weight is 261 g/mol. The van der Waals surface area contributed by atoms with Gasteiger partial charge in [-0.05, 0) is 30.9 Å². The van der Waals surface area contributed by atoms with Crippen molar-refractivity contribution in [2.24, 2.45) is 5.92 Å². The van der Waals surface area contributed by atoms with E-state index in [9.17, 15) is 4.79 Å². The summed E-state index contributed by atoms with van der Waals surface area (Å²) in [6.07, 6.45) is 6.13. The lowest BCUT2D eigenvalue weighted by molar-refractivity contribution is 0.164. The summed E-state index contributed by atoms with van der Waals surface area (Å²) in [5, 5.41) is 2.99. The van der Waals surface area contributed by atoms with Gasteiger partial charge in [-0.25, -0.2) is 4.79 Å². The number of nitrogens with one attached hydrogen (secondary N) is 1. The van der Waals surface area contributed by atoms with Gasteiger partial charge in [0.1, 0.15) is 0 Å². The summed E-state index contributed by atoms with van der Waals surface area (Å²) in [7, 11) is 0. The highest BCUT2D eigenvalue weighted by atomic mass is 16.2. The number of carbonyl (C=O) groups is 1. The highest BCUT2D eigenvalue weighted by molar-refractivity contribution is 5.74. The summed E-state index contributed by atoms with van der Waals surface area (Å²) in [6, 6.07) is 5.94. The molecule has 1 atom stereocenters. The van der Waals surface area contributed by atoms with Gasteiger partial charge >= 0.3 is 6.03 Å². The molecular formula is C15H23N3O. The molecule has 2 heterocycles. The Morgan fingerprint density at radius 1 is 1.53 bits per heavy atom. The molecule has 0 bridgehead atoms. The molecule has 4 heteroatoms. The fraction of sp³-hybridized carbons (Fsp3) is 0.600. The number of likely N-dealkylation sites (tertiary alicyclic amines) is 1. The van der Waals surface area contributed by atoms with Crippen LogP contribution < -0.4 is 5.32 Å². The smallest absolute Gasteiger partial charge is 0.317 e. The van der Waals surface area contributed by atoms with E-state index in [2.05, 4.69) is 17.2 Å². The number of carbonyl (C=O) groups excluding carboxylic acids is 1. The molecule has 1 aromatic heterocycles. The van der Waals surface area contributed by atoms with Crippen LogP contribution in [0.15, 0.2) is 24.4 Å². The lowest BCUT2D eigenvalue weighted by Crippen LogP contribution is -2.45. The van der Waals surface area contributed by atoms with E-state index in [0.717, 1.165) is 38.0 Å². The standard InChI is InChI=1S/C15H23N3O/c1-2-13-6-5-11-18(12-13)15(19)17-10-8-14-7-3-4-9-16-14/h3-4,7,9,13H,2,5-6,8,10-12H2,1H3,(H,17,19). The molecule has 0 spiro atoms. The molecule has 1 aliphatic heterocycles. The van der Waals surface area contributed by atoms with Crippen molar-refractivity contribution in [3.8, 4) is 0 Å². The van der Waals surface area contributed by atoms with Crippen molar-refractivity contribution in [3.05, 3.63) is 30.1 Å². The molecule has 0 saturated carbocycles. The molecule has 0 aromatic carbocycles. The number of nitrogens with zero attached hydrogens (tertiary/aromatic N) is 2. The number of aromatic nitrogens is 1. The molecule has 0 radical (unpaired) electrons. The summed E-state index contributed by atoms with van der Waals surface area (Å²) in [4.78, 5) is 18.2. The fourth-order valence-electron chi connectivity index (χ4n) is 2.54. The van der Waals surface area contributed by atoms with Crippen LogP contribution in [0.4, 0.5) is 4.79 Å². The maximum atomic E-state index is 12.0. The van der Waals surface area contributed by atoms with Crippen LogP contribution in [0.1, 0.15) is 31.9 Å². The molecule has 0 aliphatic carbocycles. The van der Waals surface area contributed by atoms with Gasteiger partial charge in [0.05, 0.1) is 0 Å². The molecule has 1 aromatic rings. The molecule has 2 amide bonds. The van der Waals surface area contributed by atoms with Crippen molar-refractivity contribution < 1.29 is 4.79 Å². The molecule has 1 aliphatic rings. The first kappa shape index (κ1) is 13.8. The Morgan fingerprint density at radius 3 is 3.16 bits per heavy atom. The maximum absolute atomic E-state index is 12.0. The monoisotopic (exact) mass is 261 g/mol. The van der Waals surface area contributed by atoms with Gasteiger partial charge < -0.3 is 10.2 Å². The molecule has 1 unspecified atom stereocenters. The SMILES string of the molecule is CCC1CCCN(C(=O)NCCc2ccccn2)C1. The van der Waals surface area contributed by atoms with E-state index in [1.807, 2.05) is 23.1 Å². The molecule has 1 fully saturated rings. The third kappa shape index (κ3) is 4.23. The average Bonchev–Trinajstić information content (AvgIpc) is 2.48. The van der Waals surface area contributed by atoms with Crippen molar-refractivity contribution in [2.75, 3.05) is 19.6 Å². The van der Waals surface area contributed by atoms with E-state index in [1.54, 1.807) is 6.20 Å². The first-order valence-corrected chi connectivity index (χ1v) is 7.22. The largest absolute Gasteiger partial charge is 0.338 e. The van der Waals surface area contributed by atoms with Gasteiger partial charge in [0.25, 0.3) is 0 Å². The minimum atomic E-state index is 0.0779. The minimum Gasteiger partial charge on any atom is -0.338 e. The molecule has 1 N–H and O–H groups in total. The number of rotatable bonds is 4. The minimum absolute atomic E-state index is 0.0779. The number of urea groups is 1. The van der Waals surface area contributed by atoms with E-state index in [1.165, 1.54) is 6.42 Å². The van der Waals surface area contributed by atoms with Crippen LogP contribution in [-0.2, 0) is 6.42 Å². The normalized spacial score (nSPS) is 19.2. The third-order valence-electron chi connectivity index (χ3n) is 3.77. The summed E-state index contributed by atoms with van der Waals surface area (Å²) in [6.45, 7) is 4.66. The predicted octanol–water partition coefficient (Wildman–Crippen LogP) is 2.46. The Bertz CT molecular complexity index is 394. The van der Waals surface area contributed by atoms with Crippen LogP contribution >= 0.6 is 0 Å². The lowest BCUT2D eigenvalue weighted by atomic mass is 9.96. The fourth-order valence-corrected chi connectivity index (χ4v) is 2.54. The highest BCUT2D eigenvalue weighted by Gasteiger charge is 2.21. The molecule has 4 nitrogen and oxygen atoms in total. The number of hydrogen-bond donors (Lipinski definition) is 1. The number of pyridine rings is 1. The zero-order chi connectivity index (χ0) is 13.5. The van der Waals surface area contributed by atoms with E-state index < -0.39 is 0 Å². The van der Waals surface area contributed by atoms with Crippen LogP contribution in [0.5, 0.6) is 0 Å². The topological polar surface area (TPSA) is 45.2 Å². The second kappa shape index (κ2) is 7.12. The summed E-state index contributed by atoms with van der Waals surface area (Å²) >= 11 is 0. The van der Waals surface area contributed by atoms with Crippen LogP contribution in [0.25, 0.3) is 0 Å². The summed E-state index contributed by atoms with van der Waals surface area (Å²) in [5.41, 5.74) is 1.02. The number of piperidine rings is 1. The Morgan fingerprint density at radius 2 is 2.42 bits per heavy atom. The Balaban J connectivity index is 1.72. The van der Waals surface area contributed by atoms with E-state index in [-0.39, 0.29) is 6.03 Å². The highest BCUT2D eigenvalue weighted by Crippen LogP contribution is 2.18. The molecule has 104 valence electrons. The zero-order valence-electron chi connectivity index (χ0n) is 11.6. The van der Waals surface area contributed by atoms with Crippen molar-refractivity contribution in [1.29, 1.82) is 0 Å². The molecule has 19 heavy (non-hydrogen) atoms. The number of hydrogen-bond acceptors (Lipinski definition) is 2. The predicted molar refractivity (Wildman–Crippen MR) is 75.9 cm³/mol. The van der Waals surface area contributed by atoms with Crippen molar-refractivity contribution in [3.63, 3.8) is 0 Å². The van der Waals surface area contributed by atoms with E-state index in [4.69, 9.17) is 0 Å². The van der Waals surface area contributed by atoms with Gasteiger partial charge in [-0.2, -0.15) is 0 Å². The van der Waals surface area contributed by atoms with Crippen molar-refractivity contribution in [1.82, 2.24) is 15.2 Å². The van der Waals surface area contributed by atoms with Gasteiger partial charge in [0.2, 0.25) is 0 Å². The van der Waals surface area contributed by atoms with Crippen molar-refractivity contribution >= 4 is 6.03 Å². The summed E-state index contributed by atoms with van der Waals surface area (Å²) in [5.74, 6) is 0.676. The first-order valence-electron chi connectivity index (χ1n) is 7.22. The van der Waals surface area contributed by atoms with Crippen LogP contribution in [0, 0.1) is 5.92 Å². The van der Waals surface area contributed by atoms with Gasteiger partial charge in [0, 0.05) is 37.9 Å². The van der Waals surface area contributed by atoms with Crippen molar-refractivity contribution in [2.45, 2.75) is 32.6 Å². The zero-order valence-corrected chi connectivity index (χ0v) is 11.6. The molecule has 2 rings (SSSR count). The first-order chi connectivity index (χ1) is 9.29. The van der Waals surface area contributed by atoms with Gasteiger partial charge in [0.15, 0.2) is 0 Å². The van der Waals surface area contributed by atoms with Gasteiger partial charge in [-0.15, -0.1) is 0 Å². The number of amides is 2. The Labute approximate surface area is 115 Å². The quantitative estimate of drug-likeness (QED) is 0.905. The van der Waals surface area contributed by atoms with Gasteiger partial charge in [-0.3, -0.25) is 4.98 Å². The Kier molecular flexibility index (Phi) is 5.19. The second-order valence-corrected chi connectivity index (χ2v) is 5.17. The van der Waals surface area contributed by atoms with Crippen LogP contribution in [0.2, 0.25) is 0 Å². The van der Waals surface area contributed by atoms with Crippen LogP contribution in [-0.4, -0.2) is 35.5 Å². The summed E-state index contributed by atoms with van der Waals surface area (Å²) < 4.78 is 0. The Hall–Kier alpha value is -1.58. The van der Waals surface area contributed by atoms with E-state index >= 15 is 0 Å². The molecular weight excluding hydrogens is 238 g/mol. The maximum Gasteiger partial charge on any atom is 0.317 e. The van der Waals surface area contributed by atoms with Gasteiger partial charge in [-0.1, -0.05) is 19.4 Å². The molecule has 1 saturated heterocycles. The lowest BCUT2D eigenvalue weighted by Gasteiger charge is -2.32.